The molecule has 5 heteroatoms. The Morgan fingerprint density at radius 1 is 1.22 bits per heavy atom. The Balaban J connectivity index is 1.89. The second-order valence-electron chi connectivity index (χ2n) is 4.87. The number of oxazole rings is 1. The van der Waals surface area contributed by atoms with Crippen molar-refractivity contribution in [1.82, 2.24) is 9.88 Å². The maximum Gasteiger partial charge on any atom is 0.298 e. The van der Waals surface area contributed by atoms with E-state index in [4.69, 9.17) is 10.2 Å². The fourth-order valence-corrected chi connectivity index (χ4v) is 2.31. The Kier molecular flexibility index (Phi) is 2.83. The largest absolute Gasteiger partial charge is 0.423 e. The summed E-state index contributed by atoms with van der Waals surface area (Å²) in [7, 11) is 2.15. The summed E-state index contributed by atoms with van der Waals surface area (Å²) in [6.45, 7) is 4.12. The molecule has 1 aromatic heterocycles. The third-order valence-corrected chi connectivity index (χ3v) is 3.39. The van der Waals surface area contributed by atoms with Crippen molar-refractivity contribution in [3.05, 3.63) is 18.2 Å². The molecule has 18 heavy (non-hydrogen) atoms. The van der Waals surface area contributed by atoms with E-state index >= 15 is 0 Å². The highest BCUT2D eigenvalue weighted by molar-refractivity contribution is 5.78. The number of nitrogens with two attached hydrogens (primary N) is 1. The predicted molar refractivity (Wildman–Crippen MR) is 72.7 cm³/mol. The van der Waals surface area contributed by atoms with Crippen LogP contribution in [0.5, 0.6) is 0 Å². The SMILES string of the molecule is CN1CCCN(c2nc3cc(N)ccc3o2)CC1. The van der Waals surface area contributed by atoms with Crippen LogP contribution in [-0.4, -0.2) is 43.1 Å². The van der Waals surface area contributed by atoms with E-state index in [1.807, 2.05) is 18.2 Å². The molecule has 5 nitrogen and oxygen atoms in total. The van der Waals surface area contributed by atoms with Crippen LogP contribution in [0.2, 0.25) is 0 Å². The lowest BCUT2D eigenvalue weighted by Crippen LogP contribution is -2.28. The molecule has 2 N–H and O–H groups in total. The first-order valence-corrected chi connectivity index (χ1v) is 6.32. The van der Waals surface area contributed by atoms with Gasteiger partial charge in [-0.05, 0) is 38.2 Å². The van der Waals surface area contributed by atoms with Crippen LogP contribution in [0.15, 0.2) is 22.6 Å². The van der Waals surface area contributed by atoms with Crippen LogP contribution in [-0.2, 0) is 0 Å². The number of benzene rings is 1. The van der Waals surface area contributed by atoms with Gasteiger partial charge in [0.2, 0.25) is 0 Å². The lowest BCUT2D eigenvalue weighted by molar-refractivity contribution is 0.359. The first-order valence-electron chi connectivity index (χ1n) is 6.32. The van der Waals surface area contributed by atoms with Gasteiger partial charge < -0.3 is 20.0 Å². The standard InChI is InChI=1S/C13H18N4O/c1-16-5-2-6-17(8-7-16)13-15-11-9-10(14)3-4-12(11)18-13/h3-4,9H,2,5-8,14H2,1H3. The number of aromatic nitrogens is 1. The molecule has 0 spiro atoms. The molecule has 0 aliphatic carbocycles. The van der Waals surface area contributed by atoms with Crippen molar-refractivity contribution < 1.29 is 4.42 Å². The molecule has 1 fully saturated rings. The van der Waals surface area contributed by atoms with Crippen LogP contribution in [0.1, 0.15) is 6.42 Å². The molecule has 1 aromatic carbocycles. The molecule has 0 saturated carbocycles. The zero-order valence-electron chi connectivity index (χ0n) is 10.6. The number of hydrogen-bond donors (Lipinski definition) is 1. The van der Waals surface area contributed by atoms with Crippen molar-refractivity contribution >= 4 is 22.8 Å². The lowest BCUT2D eigenvalue weighted by atomic mass is 10.3. The number of anilines is 2. The number of fused-ring (bicyclic) bond motifs is 1. The van der Waals surface area contributed by atoms with Crippen molar-refractivity contribution in [3.63, 3.8) is 0 Å². The fourth-order valence-electron chi connectivity index (χ4n) is 2.31. The summed E-state index contributed by atoms with van der Waals surface area (Å²) in [6.07, 6.45) is 1.14. The third kappa shape index (κ3) is 2.13. The van der Waals surface area contributed by atoms with Gasteiger partial charge in [-0.3, -0.25) is 0 Å². The number of nitrogens with zero attached hydrogens (tertiary/aromatic N) is 3. The molecule has 0 radical (unpaired) electrons. The van der Waals surface area contributed by atoms with Crippen LogP contribution < -0.4 is 10.6 Å². The van der Waals surface area contributed by atoms with Crippen LogP contribution in [0.3, 0.4) is 0 Å². The number of rotatable bonds is 1. The number of hydrogen-bond acceptors (Lipinski definition) is 5. The fraction of sp³-hybridized carbons (Fsp3) is 0.462. The molecule has 1 aliphatic rings. The topological polar surface area (TPSA) is 58.5 Å². The molecule has 0 bridgehead atoms. The van der Waals surface area contributed by atoms with Gasteiger partial charge in [0.1, 0.15) is 5.52 Å². The van der Waals surface area contributed by atoms with E-state index < -0.39 is 0 Å². The van der Waals surface area contributed by atoms with Gasteiger partial charge in [-0.25, -0.2) is 0 Å². The van der Waals surface area contributed by atoms with Crippen molar-refractivity contribution in [2.45, 2.75) is 6.42 Å². The molecular weight excluding hydrogens is 228 g/mol. The minimum Gasteiger partial charge on any atom is -0.423 e. The van der Waals surface area contributed by atoms with Crippen LogP contribution in [0, 0.1) is 0 Å². The van der Waals surface area contributed by atoms with E-state index in [9.17, 15) is 0 Å². The van der Waals surface area contributed by atoms with Crippen molar-refractivity contribution in [2.24, 2.45) is 0 Å². The second kappa shape index (κ2) is 4.49. The highest BCUT2D eigenvalue weighted by Crippen LogP contribution is 2.24. The predicted octanol–water partition coefficient (Wildman–Crippen LogP) is 1.55. The van der Waals surface area contributed by atoms with E-state index in [-0.39, 0.29) is 0 Å². The van der Waals surface area contributed by atoms with Crippen molar-refractivity contribution in [2.75, 3.05) is 43.9 Å². The maximum absolute atomic E-state index is 5.79. The monoisotopic (exact) mass is 246 g/mol. The molecule has 1 aliphatic heterocycles. The Labute approximate surface area is 106 Å². The zero-order chi connectivity index (χ0) is 12.5. The van der Waals surface area contributed by atoms with E-state index in [0.29, 0.717) is 6.01 Å². The first kappa shape index (κ1) is 11.3. The van der Waals surface area contributed by atoms with Gasteiger partial charge >= 0.3 is 0 Å². The molecule has 2 aromatic rings. The molecule has 96 valence electrons. The van der Waals surface area contributed by atoms with E-state index in [1.165, 1.54) is 0 Å². The second-order valence-corrected chi connectivity index (χ2v) is 4.87. The zero-order valence-corrected chi connectivity index (χ0v) is 10.6. The van der Waals surface area contributed by atoms with Gasteiger partial charge in [-0.15, -0.1) is 0 Å². The van der Waals surface area contributed by atoms with E-state index in [2.05, 4.69) is 21.8 Å². The molecule has 1 saturated heterocycles. The van der Waals surface area contributed by atoms with E-state index in [0.717, 1.165) is 49.4 Å². The number of nitrogen functional groups attached to an aromatic ring is 1. The average molecular weight is 246 g/mol. The summed E-state index contributed by atoms with van der Waals surface area (Å²) < 4.78 is 5.79. The van der Waals surface area contributed by atoms with Gasteiger partial charge in [0.05, 0.1) is 0 Å². The summed E-state index contributed by atoms with van der Waals surface area (Å²) in [5.74, 6) is 0. The number of likely N-dealkylation sites (N-methyl/N-ethyl adjacent to an activating group) is 1. The van der Waals surface area contributed by atoms with Gasteiger partial charge in [-0.1, -0.05) is 0 Å². The van der Waals surface area contributed by atoms with Crippen LogP contribution in [0.25, 0.3) is 11.1 Å². The van der Waals surface area contributed by atoms with Crippen LogP contribution in [0.4, 0.5) is 11.7 Å². The summed E-state index contributed by atoms with van der Waals surface area (Å²) in [4.78, 5) is 9.07. The van der Waals surface area contributed by atoms with E-state index in [1.54, 1.807) is 0 Å². The molecule has 0 unspecified atom stereocenters. The minimum absolute atomic E-state index is 0.714. The molecule has 3 rings (SSSR count). The minimum atomic E-state index is 0.714. The smallest absolute Gasteiger partial charge is 0.298 e. The lowest BCUT2D eigenvalue weighted by Gasteiger charge is -2.17. The molecular formula is C13H18N4O. The molecule has 0 amide bonds. The Morgan fingerprint density at radius 3 is 3.00 bits per heavy atom. The van der Waals surface area contributed by atoms with Gasteiger partial charge in [0, 0.05) is 25.3 Å². The summed E-state index contributed by atoms with van der Waals surface area (Å²) in [5, 5.41) is 0. The Hall–Kier alpha value is -1.75. The van der Waals surface area contributed by atoms with Gasteiger partial charge in [0.25, 0.3) is 6.01 Å². The highest BCUT2D eigenvalue weighted by atomic mass is 16.4. The molecule has 0 atom stereocenters. The normalized spacial score (nSPS) is 18.2. The maximum atomic E-state index is 5.79. The van der Waals surface area contributed by atoms with Gasteiger partial charge in [0.15, 0.2) is 5.58 Å². The van der Waals surface area contributed by atoms with Gasteiger partial charge in [-0.2, -0.15) is 4.98 Å². The average Bonchev–Trinajstić information content (AvgIpc) is 2.63. The third-order valence-electron chi connectivity index (χ3n) is 3.39. The Bertz CT molecular complexity index is 551. The highest BCUT2D eigenvalue weighted by Gasteiger charge is 2.17. The molecule has 2 heterocycles. The van der Waals surface area contributed by atoms with Crippen molar-refractivity contribution in [1.29, 1.82) is 0 Å². The summed E-state index contributed by atoms with van der Waals surface area (Å²) in [6, 6.07) is 6.29. The van der Waals surface area contributed by atoms with Crippen LogP contribution >= 0.6 is 0 Å². The summed E-state index contributed by atoms with van der Waals surface area (Å²) >= 11 is 0. The van der Waals surface area contributed by atoms with Crippen molar-refractivity contribution in [3.8, 4) is 0 Å². The Morgan fingerprint density at radius 2 is 2.11 bits per heavy atom. The summed E-state index contributed by atoms with van der Waals surface area (Å²) in [5.41, 5.74) is 8.11. The quantitative estimate of drug-likeness (QED) is 0.774. The first-order chi connectivity index (χ1) is 8.72.